The lowest BCUT2D eigenvalue weighted by Crippen LogP contribution is -2.45. The minimum absolute atomic E-state index is 0.0671. The summed E-state index contributed by atoms with van der Waals surface area (Å²) in [6.07, 6.45) is 7.77. The number of pyridine rings is 1. The van der Waals surface area contributed by atoms with Gasteiger partial charge in [0.25, 0.3) is 0 Å². The normalized spacial score (nSPS) is 17.2. The molecular weight excluding hydrogens is 224 g/mol. The number of aryl methyl sites for hydroxylation is 1. The van der Waals surface area contributed by atoms with Crippen LogP contribution in [0.4, 0.5) is 0 Å². The third kappa shape index (κ3) is 3.45. The third-order valence-corrected chi connectivity index (χ3v) is 3.67. The van der Waals surface area contributed by atoms with Crippen LogP contribution in [-0.2, 0) is 0 Å². The standard InChI is InChI=1S/C15H24N2O/c1-3-10-16-11-9-15(7-4-8-15)18-14-6-5-13(2)17-12-14/h5-6,12,16H,3-4,7-11H2,1-2H3. The highest BCUT2D eigenvalue weighted by Gasteiger charge is 2.38. The maximum Gasteiger partial charge on any atom is 0.138 e. The zero-order chi connectivity index (χ0) is 12.8. The average molecular weight is 248 g/mol. The molecule has 1 fully saturated rings. The first-order valence-corrected chi connectivity index (χ1v) is 7.06. The van der Waals surface area contributed by atoms with Gasteiger partial charge < -0.3 is 10.1 Å². The number of nitrogens with zero attached hydrogens (tertiary/aromatic N) is 1. The smallest absolute Gasteiger partial charge is 0.138 e. The van der Waals surface area contributed by atoms with Crippen molar-refractivity contribution < 1.29 is 4.74 Å². The zero-order valence-corrected chi connectivity index (χ0v) is 11.5. The van der Waals surface area contributed by atoms with Crippen molar-refractivity contribution >= 4 is 0 Å². The molecule has 0 unspecified atom stereocenters. The van der Waals surface area contributed by atoms with Gasteiger partial charge in [0.2, 0.25) is 0 Å². The van der Waals surface area contributed by atoms with E-state index < -0.39 is 0 Å². The highest BCUT2D eigenvalue weighted by Crippen LogP contribution is 2.39. The number of hydrogen-bond donors (Lipinski definition) is 1. The molecule has 0 radical (unpaired) electrons. The fraction of sp³-hybridized carbons (Fsp3) is 0.667. The first-order valence-electron chi connectivity index (χ1n) is 7.06. The van der Waals surface area contributed by atoms with Crippen molar-refractivity contribution in [2.24, 2.45) is 0 Å². The molecule has 0 atom stereocenters. The molecule has 1 aromatic rings. The van der Waals surface area contributed by atoms with Gasteiger partial charge in [-0.15, -0.1) is 0 Å². The van der Waals surface area contributed by atoms with Crippen LogP contribution in [0.1, 0.15) is 44.7 Å². The molecule has 0 spiro atoms. The van der Waals surface area contributed by atoms with Crippen molar-refractivity contribution in [3.05, 3.63) is 24.0 Å². The van der Waals surface area contributed by atoms with E-state index >= 15 is 0 Å². The van der Waals surface area contributed by atoms with E-state index in [2.05, 4.69) is 17.2 Å². The number of hydrogen-bond acceptors (Lipinski definition) is 3. The van der Waals surface area contributed by atoms with Crippen LogP contribution in [0.3, 0.4) is 0 Å². The first kappa shape index (κ1) is 13.3. The second kappa shape index (κ2) is 6.19. The molecule has 0 amide bonds. The molecule has 1 heterocycles. The van der Waals surface area contributed by atoms with E-state index in [9.17, 15) is 0 Å². The minimum Gasteiger partial charge on any atom is -0.486 e. The lowest BCUT2D eigenvalue weighted by atomic mass is 9.77. The Balaban J connectivity index is 1.85. The van der Waals surface area contributed by atoms with E-state index in [1.54, 1.807) is 0 Å². The second-order valence-electron chi connectivity index (χ2n) is 5.27. The Morgan fingerprint density at radius 1 is 1.33 bits per heavy atom. The van der Waals surface area contributed by atoms with Crippen LogP contribution in [0.5, 0.6) is 5.75 Å². The highest BCUT2D eigenvalue weighted by molar-refractivity contribution is 5.20. The number of rotatable bonds is 7. The highest BCUT2D eigenvalue weighted by atomic mass is 16.5. The lowest BCUT2D eigenvalue weighted by Gasteiger charge is -2.42. The second-order valence-corrected chi connectivity index (χ2v) is 5.27. The third-order valence-electron chi connectivity index (χ3n) is 3.67. The predicted molar refractivity (Wildman–Crippen MR) is 74.0 cm³/mol. The van der Waals surface area contributed by atoms with Gasteiger partial charge in [0.1, 0.15) is 11.4 Å². The first-order chi connectivity index (χ1) is 8.74. The quantitative estimate of drug-likeness (QED) is 0.753. The fourth-order valence-electron chi connectivity index (χ4n) is 2.36. The van der Waals surface area contributed by atoms with Crippen LogP contribution in [0.15, 0.2) is 18.3 Å². The van der Waals surface area contributed by atoms with E-state index in [1.165, 1.54) is 25.7 Å². The van der Waals surface area contributed by atoms with Crippen LogP contribution >= 0.6 is 0 Å². The fourth-order valence-corrected chi connectivity index (χ4v) is 2.36. The molecular formula is C15H24N2O. The SMILES string of the molecule is CCCNCCC1(Oc2ccc(C)nc2)CCC1. The summed E-state index contributed by atoms with van der Waals surface area (Å²) in [6.45, 7) is 6.34. The summed E-state index contributed by atoms with van der Waals surface area (Å²) in [7, 11) is 0. The molecule has 2 rings (SSSR count). The summed E-state index contributed by atoms with van der Waals surface area (Å²) in [4.78, 5) is 4.29. The van der Waals surface area contributed by atoms with Crippen LogP contribution in [0.25, 0.3) is 0 Å². The molecule has 0 bridgehead atoms. The molecule has 1 aromatic heterocycles. The van der Waals surface area contributed by atoms with Gasteiger partial charge in [-0.3, -0.25) is 4.98 Å². The van der Waals surface area contributed by atoms with Gasteiger partial charge in [0.05, 0.1) is 6.20 Å². The van der Waals surface area contributed by atoms with Crippen LogP contribution in [-0.4, -0.2) is 23.7 Å². The van der Waals surface area contributed by atoms with Gasteiger partial charge in [-0.25, -0.2) is 0 Å². The number of nitrogens with one attached hydrogen (secondary N) is 1. The molecule has 0 aliphatic heterocycles. The van der Waals surface area contributed by atoms with Gasteiger partial charge >= 0.3 is 0 Å². The van der Waals surface area contributed by atoms with Crippen molar-refractivity contribution in [3.8, 4) is 5.75 Å². The minimum atomic E-state index is 0.0671. The number of aromatic nitrogens is 1. The Hall–Kier alpha value is -1.09. The predicted octanol–water partition coefficient (Wildman–Crippen LogP) is 3.08. The summed E-state index contributed by atoms with van der Waals surface area (Å²) >= 11 is 0. The monoisotopic (exact) mass is 248 g/mol. The molecule has 1 aliphatic rings. The average Bonchev–Trinajstić information content (AvgIpc) is 2.34. The Labute approximate surface area is 110 Å². The van der Waals surface area contributed by atoms with Crippen molar-refractivity contribution in [3.63, 3.8) is 0 Å². The zero-order valence-electron chi connectivity index (χ0n) is 11.5. The van der Waals surface area contributed by atoms with Crippen molar-refractivity contribution in [1.82, 2.24) is 10.3 Å². The maximum atomic E-state index is 6.17. The van der Waals surface area contributed by atoms with Gasteiger partial charge in [-0.05, 0) is 64.3 Å². The Morgan fingerprint density at radius 3 is 2.72 bits per heavy atom. The van der Waals surface area contributed by atoms with Crippen molar-refractivity contribution in [2.75, 3.05) is 13.1 Å². The molecule has 1 N–H and O–H groups in total. The van der Waals surface area contributed by atoms with Gasteiger partial charge in [0, 0.05) is 5.69 Å². The molecule has 3 nitrogen and oxygen atoms in total. The molecule has 0 aromatic carbocycles. The van der Waals surface area contributed by atoms with Gasteiger partial charge in [-0.2, -0.15) is 0 Å². The molecule has 3 heteroatoms. The van der Waals surface area contributed by atoms with E-state index in [0.29, 0.717) is 0 Å². The van der Waals surface area contributed by atoms with E-state index in [-0.39, 0.29) is 5.60 Å². The van der Waals surface area contributed by atoms with E-state index in [0.717, 1.165) is 31.0 Å². The molecule has 1 aliphatic carbocycles. The van der Waals surface area contributed by atoms with Crippen LogP contribution in [0.2, 0.25) is 0 Å². The molecule has 0 saturated heterocycles. The molecule has 1 saturated carbocycles. The molecule has 100 valence electrons. The van der Waals surface area contributed by atoms with Gasteiger partial charge in [0.15, 0.2) is 0 Å². The lowest BCUT2D eigenvalue weighted by molar-refractivity contribution is -0.0144. The largest absolute Gasteiger partial charge is 0.486 e. The maximum absolute atomic E-state index is 6.17. The summed E-state index contributed by atoms with van der Waals surface area (Å²) in [6, 6.07) is 4.04. The topological polar surface area (TPSA) is 34.1 Å². The van der Waals surface area contributed by atoms with Crippen LogP contribution < -0.4 is 10.1 Å². The summed E-state index contributed by atoms with van der Waals surface area (Å²) in [5.74, 6) is 0.913. The molecule has 18 heavy (non-hydrogen) atoms. The van der Waals surface area contributed by atoms with Gasteiger partial charge in [-0.1, -0.05) is 6.92 Å². The Bertz CT molecular complexity index is 357. The Morgan fingerprint density at radius 2 is 2.17 bits per heavy atom. The Kier molecular flexibility index (Phi) is 4.59. The summed E-state index contributed by atoms with van der Waals surface area (Å²) in [5.41, 5.74) is 1.10. The van der Waals surface area contributed by atoms with Crippen molar-refractivity contribution in [2.45, 2.75) is 51.6 Å². The number of ether oxygens (including phenoxy) is 1. The van der Waals surface area contributed by atoms with Crippen molar-refractivity contribution in [1.29, 1.82) is 0 Å². The van der Waals surface area contributed by atoms with Crippen LogP contribution in [0, 0.1) is 6.92 Å². The summed E-state index contributed by atoms with van der Waals surface area (Å²) in [5, 5.41) is 3.46. The summed E-state index contributed by atoms with van der Waals surface area (Å²) < 4.78 is 6.17. The van der Waals surface area contributed by atoms with E-state index in [4.69, 9.17) is 4.74 Å². The van der Waals surface area contributed by atoms with E-state index in [1.807, 2.05) is 25.3 Å².